The molecule has 0 heterocycles. The first-order valence-corrected chi connectivity index (χ1v) is 14.1. The van der Waals surface area contributed by atoms with Crippen molar-refractivity contribution in [3.63, 3.8) is 0 Å². The quantitative estimate of drug-likeness (QED) is 0.325. The first-order chi connectivity index (χ1) is 17.9. The minimum Gasteiger partial charge on any atom is -0.458 e. The van der Waals surface area contributed by atoms with Crippen LogP contribution < -0.4 is 0 Å². The van der Waals surface area contributed by atoms with Crippen LogP contribution in [0.5, 0.6) is 0 Å². The van der Waals surface area contributed by atoms with Gasteiger partial charge in [0.1, 0.15) is 12.2 Å². The van der Waals surface area contributed by atoms with E-state index in [1.165, 1.54) is 12.0 Å². The number of carbonyl (C=O) groups is 2. The van der Waals surface area contributed by atoms with Gasteiger partial charge in [0, 0.05) is 11.8 Å². The summed E-state index contributed by atoms with van der Waals surface area (Å²) in [5, 5.41) is 0. The fourth-order valence-corrected chi connectivity index (χ4v) is 8.44. The van der Waals surface area contributed by atoms with E-state index in [9.17, 15) is 9.59 Å². The van der Waals surface area contributed by atoms with Crippen LogP contribution in [0.25, 0.3) is 0 Å². The summed E-state index contributed by atoms with van der Waals surface area (Å²) in [6.45, 7) is 4.85. The lowest BCUT2D eigenvalue weighted by molar-refractivity contribution is -0.0787. The van der Waals surface area contributed by atoms with Crippen LogP contribution >= 0.6 is 0 Å². The van der Waals surface area contributed by atoms with Crippen LogP contribution in [-0.2, 0) is 9.47 Å². The zero-order valence-corrected chi connectivity index (χ0v) is 22.0. The Morgan fingerprint density at radius 1 is 0.757 bits per heavy atom. The maximum Gasteiger partial charge on any atom is 0.338 e. The second kappa shape index (κ2) is 9.45. The molecule has 2 aromatic rings. The lowest BCUT2D eigenvalue weighted by Crippen LogP contribution is -2.51. The van der Waals surface area contributed by atoms with Crippen LogP contribution in [0.2, 0.25) is 0 Å². The molecular weight excluding hydrogens is 460 g/mol. The highest BCUT2D eigenvalue weighted by molar-refractivity contribution is 5.90. The molecule has 6 rings (SSSR count). The topological polar surface area (TPSA) is 52.6 Å². The molecule has 0 saturated heterocycles. The lowest BCUT2D eigenvalue weighted by Gasteiger charge is -2.57. The second-order valence-corrected chi connectivity index (χ2v) is 12.3. The van der Waals surface area contributed by atoms with Crippen molar-refractivity contribution in [1.82, 2.24) is 0 Å². The largest absolute Gasteiger partial charge is 0.458 e. The number of allylic oxidation sites excluding steroid dienone is 1. The molecule has 0 aromatic heterocycles. The lowest BCUT2D eigenvalue weighted by atomic mass is 9.48. The van der Waals surface area contributed by atoms with Crippen LogP contribution in [0.1, 0.15) is 85.9 Å². The van der Waals surface area contributed by atoms with Crippen molar-refractivity contribution < 1.29 is 19.1 Å². The van der Waals surface area contributed by atoms with E-state index in [0.717, 1.165) is 44.9 Å². The van der Waals surface area contributed by atoms with E-state index in [2.05, 4.69) is 19.9 Å². The van der Waals surface area contributed by atoms with Crippen LogP contribution in [0, 0.1) is 28.6 Å². The predicted molar refractivity (Wildman–Crippen MR) is 143 cm³/mol. The van der Waals surface area contributed by atoms with Crippen molar-refractivity contribution in [2.75, 3.05) is 0 Å². The van der Waals surface area contributed by atoms with Gasteiger partial charge in [-0.3, -0.25) is 0 Å². The molecule has 0 spiro atoms. The van der Waals surface area contributed by atoms with Crippen molar-refractivity contribution in [2.45, 2.75) is 77.4 Å². The van der Waals surface area contributed by atoms with Crippen molar-refractivity contribution >= 4 is 11.9 Å². The standard InChI is InChI=1S/C33H38O4/c1-32-19-17-25(36-30(34)22-9-5-3-6-10-22)21-24(32)13-14-26-27-15-16-29(33(27,2)20-18-28(26)32)37-31(35)23-11-7-4-8-12-23/h3-13,25-29H,14-21H2,1-2H3/t25-,26-,27+,28-,29+,32+,33+/m1/s1. The Kier molecular flexibility index (Phi) is 6.25. The molecule has 194 valence electrons. The third-order valence-corrected chi connectivity index (χ3v) is 10.5. The molecule has 0 aliphatic heterocycles. The molecule has 0 unspecified atom stereocenters. The van der Waals surface area contributed by atoms with Gasteiger partial charge in [-0.1, -0.05) is 61.9 Å². The van der Waals surface area contributed by atoms with E-state index in [-0.39, 0.29) is 35.0 Å². The number of hydrogen-bond donors (Lipinski definition) is 0. The maximum absolute atomic E-state index is 12.9. The van der Waals surface area contributed by atoms with Crippen molar-refractivity contribution in [1.29, 1.82) is 0 Å². The van der Waals surface area contributed by atoms with E-state index in [0.29, 0.717) is 28.9 Å². The molecule has 0 N–H and O–H groups in total. The Morgan fingerprint density at radius 3 is 2.08 bits per heavy atom. The second-order valence-electron chi connectivity index (χ2n) is 12.3. The highest BCUT2D eigenvalue weighted by Crippen LogP contribution is 2.65. The number of rotatable bonds is 4. The molecule has 4 nitrogen and oxygen atoms in total. The Bertz CT molecular complexity index is 1190. The Hall–Kier alpha value is -2.88. The molecule has 0 radical (unpaired) electrons. The number of hydrogen-bond acceptors (Lipinski definition) is 4. The van der Waals surface area contributed by atoms with Gasteiger partial charge in [-0.25, -0.2) is 9.59 Å². The molecule has 2 aromatic carbocycles. The van der Waals surface area contributed by atoms with Crippen LogP contribution in [-0.4, -0.2) is 24.1 Å². The summed E-state index contributed by atoms with van der Waals surface area (Å²) in [6.07, 6.45) is 10.8. The Labute approximate surface area is 220 Å². The number of benzene rings is 2. The van der Waals surface area contributed by atoms with E-state index < -0.39 is 0 Å². The van der Waals surface area contributed by atoms with E-state index in [1.807, 2.05) is 60.7 Å². The van der Waals surface area contributed by atoms with Gasteiger partial charge in [-0.05, 0) is 92.4 Å². The summed E-state index contributed by atoms with van der Waals surface area (Å²) in [6, 6.07) is 18.7. The van der Waals surface area contributed by atoms with Gasteiger partial charge in [0.25, 0.3) is 0 Å². The molecule has 0 amide bonds. The summed E-state index contributed by atoms with van der Waals surface area (Å²) in [5.41, 5.74) is 3.00. The van der Waals surface area contributed by atoms with Gasteiger partial charge in [0.2, 0.25) is 0 Å². The summed E-state index contributed by atoms with van der Waals surface area (Å²) in [7, 11) is 0. The monoisotopic (exact) mass is 498 g/mol. The van der Waals surface area contributed by atoms with E-state index >= 15 is 0 Å². The summed E-state index contributed by atoms with van der Waals surface area (Å²) in [5.74, 6) is 1.48. The SMILES string of the molecule is C[C@]12CC[C@@H]3[C@H](CC=C4C[C@H](OC(=O)c5ccccc5)CC[C@@]43C)[C@@H]1CC[C@@H]2OC(=O)c1ccccc1. The Balaban J connectivity index is 1.15. The number of esters is 2. The average Bonchev–Trinajstić information content (AvgIpc) is 3.25. The molecule has 3 fully saturated rings. The average molecular weight is 499 g/mol. The third kappa shape index (κ3) is 4.23. The van der Waals surface area contributed by atoms with Gasteiger partial charge in [-0.15, -0.1) is 0 Å². The smallest absolute Gasteiger partial charge is 0.338 e. The van der Waals surface area contributed by atoms with E-state index in [1.54, 1.807) is 0 Å². The van der Waals surface area contributed by atoms with Gasteiger partial charge in [-0.2, -0.15) is 0 Å². The number of ether oxygens (including phenoxy) is 2. The molecule has 37 heavy (non-hydrogen) atoms. The number of carbonyl (C=O) groups excluding carboxylic acids is 2. The molecule has 4 heteroatoms. The van der Waals surface area contributed by atoms with Crippen LogP contribution in [0.4, 0.5) is 0 Å². The van der Waals surface area contributed by atoms with E-state index in [4.69, 9.17) is 9.47 Å². The summed E-state index contributed by atoms with van der Waals surface area (Å²) in [4.78, 5) is 25.5. The molecule has 4 aliphatic rings. The van der Waals surface area contributed by atoms with Crippen molar-refractivity contribution in [2.24, 2.45) is 28.6 Å². The normalized spacial score (nSPS) is 36.4. The first-order valence-electron chi connectivity index (χ1n) is 14.1. The van der Waals surface area contributed by atoms with Gasteiger partial charge >= 0.3 is 11.9 Å². The minimum absolute atomic E-state index is 0.00234. The zero-order chi connectivity index (χ0) is 25.6. The molecule has 3 saturated carbocycles. The molecular formula is C33H38O4. The van der Waals surface area contributed by atoms with Crippen LogP contribution in [0.15, 0.2) is 72.3 Å². The third-order valence-electron chi connectivity index (χ3n) is 10.5. The van der Waals surface area contributed by atoms with Crippen molar-refractivity contribution in [3.8, 4) is 0 Å². The number of fused-ring (bicyclic) bond motifs is 5. The van der Waals surface area contributed by atoms with Gasteiger partial charge < -0.3 is 9.47 Å². The molecule has 0 bridgehead atoms. The minimum atomic E-state index is -0.209. The summed E-state index contributed by atoms with van der Waals surface area (Å²) < 4.78 is 12.1. The molecule has 4 aliphatic carbocycles. The zero-order valence-electron chi connectivity index (χ0n) is 22.0. The van der Waals surface area contributed by atoms with Crippen molar-refractivity contribution in [3.05, 3.63) is 83.4 Å². The fraction of sp³-hybridized carbons (Fsp3) is 0.515. The summed E-state index contributed by atoms with van der Waals surface area (Å²) >= 11 is 0. The van der Waals surface area contributed by atoms with Gasteiger partial charge in [0.15, 0.2) is 0 Å². The highest BCUT2D eigenvalue weighted by atomic mass is 16.5. The van der Waals surface area contributed by atoms with Gasteiger partial charge in [0.05, 0.1) is 11.1 Å². The first kappa shape index (κ1) is 24.5. The maximum atomic E-state index is 12.9. The van der Waals surface area contributed by atoms with Crippen LogP contribution in [0.3, 0.4) is 0 Å². The Morgan fingerprint density at radius 2 is 1.41 bits per heavy atom. The predicted octanol–water partition coefficient (Wildman–Crippen LogP) is 7.40. The molecule has 7 atom stereocenters. The fourth-order valence-electron chi connectivity index (χ4n) is 8.44. The highest BCUT2D eigenvalue weighted by Gasteiger charge is 2.59.